The molecule has 7 atom stereocenters. The van der Waals surface area contributed by atoms with E-state index in [0.717, 1.165) is 114 Å². The highest BCUT2D eigenvalue weighted by Gasteiger charge is 2.30. The number of esters is 4. The molecule has 0 aliphatic heterocycles. The zero-order chi connectivity index (χ0) is 67.3. The molecule has 0 spiro atoms. The minimum Gasteiger partial charge on any atom is -0.462 e. The van der Waals surface area contributed by atoms with Crippen LogP contribution < -0.4 is 0 Å². The topological polar surface area (TPSA) is 237 Å². The quantitative estimate of drug-likeness (QED) is 0.0222. The molecule has 0 amide bonds. The largest absolute Gasteiger partial charge is 0.472 e. The van der Waals surface area contributed by atoms with Crippen LogP contribution in [-0.2, 0) is 65.4 Å². The first kappa shape index (κ1) is 89.1. The molecular formula is C72H140O17P2. The SMILES string of the molecule is CCCCCCCCCCCCC(=O)OC[C@H](COP(=O)(O)OC[C@H](O)COP(=O)(O)OC[C@@H](COC(=O)CCCCCCCCC(C)CC)OC(=O)CCCCCCCCCCCCCCCCCCCCC(C)C)OC(=O)CCCCCCCCC(C)CC. The van der Waals surface area contributed by atoms with Crippen molar-refractivity contribution in [3.8, 4) is 0 Å². The Labute approximate surface area is 556 Å². The number of hydrogen-bond donors (Lipinski definition) is 3. The van der Waals surface area contributed by atoms with Crippen molar-refractivity contribution in [1.29, 1.82) is 0 Å². The molecule has 0 aliphatic carbocycles. The van der Waals surface area contributed by atoms with E-state index < -0.39 is 97.5 Å². The van der Waals surface area contributed by atoms with Crippen LogP contribution in [0.25, 0.3) is 0 Å². The normalized spacial score (nSPS) is 14.8. The fraction of sp³-hybridized carbons (Fsp3) is 0.944. The molecule has 0 saturated carbocycles. The lowest BCUT2D eigenvalue weighted by molar-refractivity contribution is -0.161. The fourth-order valence-corrected chi connectivity index (χ4v) is 12.4. The van der Waals surface area contributed by atoms with Gasteiger partial charge < -0.3 is 33.8 Å². The molecule has 0 radical (unpaired) electrons. The predicted octanol–water partition coefficient (Wildman–Crippen LogP) is 20.6. The monoisotopic (exact) mass is 1340 g/mol. The van der Waals surface area contributed by atoms with Crippen LogP contribution in [-0.4, -0.2) is 96.7 Å². The smallest absolute Gasteiger partial charge is 0.462 e. The number of hydrogen-bond acceptors (Lipinski definition) is 15. The highest BCUT2D eigenvalue weighted by atomic mass is 31.2. The number of phosphoric ester groups is 2. The highest BCUT2D eigenvalue weighted by molar-refractivity contribution is 7.47. The molecule has 0 saturated heterocycles. The number of carbonyl (C=O) groups is 4. The third-order valence-electron chi connectivity index (χ3n) is 17.4. The van der Waals surface area contributed by atoms with Gasteiger partial charge >= 0.3 is 39.5 Å². The zero-order valence-corrected chi connectivity index (χ0v) is 61.1. The van der Waals surface area contributed by atoms with Crippen LogP contribution in [0.5, 0.6) is 0 Å². The van der Waals surface area contributed by atoms with Gasteiger partial charge in [0, 0.05) is 25.7 Å². The Morgan fingerprint density at radius 3 is 0.835 bits per heavy atom. The van der Waals surface area contributed by atoms with Gasteiger partial charge in [-0.2, -0.15) is 0 Å². The van der Waals surface area contributed by atoms with Gasteiger partial charge in [0.25, 0.3) is 0 Å². The summed E-state index contributed by atoms with van der Waals surface area (Å²) in [6.07, 6.45) is 47.4. The minimum absolute atomic E-state index is 0.103. The number of carbonyl (C=O) groups excluding carboxylic acids is 4. The van der Waals surface area contributed by atoms with Gasteiger partial charge in [-0.05, 0) is 43.4 Å². The number of ether oxygens (including phenoxy) is 4. The van der Waals surface area contributed by atoms with E-state index in [-0.39, 0.29) is 25.7 Å². The van der Waals surface area contributed by atoms with E-state index in [9.17, 15) is 43.2 Å². The second-order valence-electron chi connectivity index (χ2n) is 26.9. The summed E-state index contributed by atoms with van der Waals surface area (Å²) in [7, 11) is -9.90. The predicted molar refractivity (Wildman–Crippen MR) is 368 cm³/mol. The minimum atomic E-state index is -4.95. The third kappa shape index (κ3) is 63.9. The fourth-order valence-electron chi connectivity index (χ4n) is 10.8. The Hall–Kier alpha value is -1.94. The summed E-state index contributed by atoms with van der Waals surface area (Å²) in [4.78, 5) is 72.5. The molecule has 91 heavy (non-hydrogen) atoms. The summed E-state index contributed by atoms with van der Waals surface area (Å²) >= 11 is 0. The molecule has 0 aromatic carbocycles. The van der Waals surface area contributed by atoms with Gasteiger partial charge in [0.15, 0.2) is 12.2 Å². The molecule has 0 aromatic rings. The molecule has 0 bridgehead atoms. The average Bonchev–Trinajstić information content (AvgIpc) is 2.63. The van der Waals surface area contributed by atoms with Gasteiger partial charge in [0.2, 0.25) is 0 Å². The Bertz CT molecular complexity index is 1790. The maximum absolute atomic E-state index is 13.0. The van der Waals surface area contributed by atoms with Gasteiger partial charge in [-0.1, -0.05) is 312 Å². The van der Waals surface area contributed by atoms with Crippen molar-refractivity contribution in [3.63, 3.8) is 0 Å². The van der Waals surface area contributed by atoms with Gasteiger partial charge in [0.1, 0.15) is 19.3 Å². The van der Waals surface area contributed by atoms with Crippen molar-refractivity contribution in [3.05, 3.63) is 0 Å². The zero-order valence-electron chi connectivity index (χ0n) is 59.3. The van der Waals surface area contributed by atoms with E-state index in [1.807, 2.05) is 0 Å². The maximum Gasteiger partial charge on any atom is 0.472 e. The van der Waals surface area contributed by atoms with Crippen LogP contribution in [0.1, 0.15) is 363 Å². The molecule has 0 rings (SSSR count). The Balaban J connectivity index is 5.16. The number of aliphatic hydroxyl groups is 1. The Kier molecular flexibility index (Phi) is 61.5. The molecule has 19 heteroatoms. The van der Waals surface area contributed by atoms with E-state index in [1.54, 1.807) is 0 Å². The molecule has 17 nitrogen and oxygen atoms in total. The summed E-state index contributed by atoms with van der Waals surface area (Å²) in [5.74, 6) is 0.143. The lowest BCUT2D eigenvalue weighted by Crippen LogP contribution is -2.30. The van der Waals surface area contributed by atoms with Crippen molar-refractivity contribution in [1.82, 2.24) is 0 Å². The van der Waals surface area contributed by atoms with Crippen LogP contribution >= 0.6 is 15.6 Å². The molecular weight excluding hydrogens is 1200 g/mol. The van der Waals surface area contributed by atoms with Gasteiger partial charge in [-0.25, -0.2) is 9.13 Å². The van der Waals surface area contributed by atoms with Crippen LogP contribution in [0.15, 0.2) is 0 Å². The van der Waals surface area contributed by atoms with Crippen molar-refractivity contribution < 1.29 is 80.2 Å². The van der Waals surface area contributed by atoms with Crippen LogP contribution in [0.2, 0.25) is 0 Å². The Morgan fingerprint density at radius 1 is 0.319 bits per heavy atom. The van der Waals surface area contributed by atoms with E-state index in [1.165, 1.54) is 167 Å². The van der Waals surface area contributed by atoms with Crippen molar-refractivity contribution in [2.24, 2.45) is 17.8 Å². The van der Waals surface area contributed by atoms with E-state index >= 15 is 0 Å². The van der Waals surface area contributed by atoms with Gasteiger partial charge in [-0.3, -0.25) is 37.3 Å². The van der Waals surface area contributed by atoms with Crippen LogP contribution in [0.3, 0.4) is 0 Å². The van der Waals surface area contributed by atoms with Gasteiger partial charge in [0.05, 0.1) is 26.4 Å². The van der Waals surface area contributed by atoms with Crippen LogP contribution in [0.4, 0.5) is 0 Å². The lowest BCUT2D eigenvalue weighted by atomic mass is 10.00. The molecule has 0 aromatic heterocycles. The number of rotatable bonds is 70. The van der Waals surface area contributed by atoms with Crippen molar-refractivity contribution >= 4 is 39.5 Å². The summed E-state index contributed by atoms with van der Waals surface area (Å²) in [5, 5.41) is 10.6. The first-order valence-corrected chi connectivity index (χ1v) is 40.4. The standard InChI is InChI=1S/C72H140O17P2/c1-8-11-12-13-14-15-27-30-39-46-53-69(74)82-59-68(89-72(77)56-49-42-35-33-38-45-52-65(7)10-3)62-87-91(80,81)85-58-66(73)57-84-90(78,79)86-61-67(60-83-70(75)54-47-40-34-32-37-44-51-64(6)9-2)88-71(76)55-48-41-31-28-25-23-21-19-17-16-18-20-22-24-26-29-36-43-50-63(4)5/h63-68,73H,8-62H2,1-7H3,(H,78,79)(H,80,81)/t64?,65?,66-,67-,68-/m1/s1. The first-order chi connectivity index (χ1) is 43.8. The van der Waals surface area contributed by atoms with E-state index in [4.69, 9.17) is 37.0 Å². The van der Waals surface area contributed by atoms with E-state index in [2.05, 4.69) is 48.5 Å². The van der Waals surface area contributed by atoms with Crippen molar-refractivity contribution in [2.75, 3.05) is 39.6 Å². The Morgan fingerprint density at radius 2 is 0.560 bits per heavy atom. The molecule has 0 aliphatic rings. The molecule has 0 fully saturated rings. The van der Waals surface area contributed by atoms with Crippen molar-refractivity contribution in [2.45, 2.75) is 381 Å². The summed E-state index contributed by atoms with van der Waals surface area (Å²) in [6.45, 7) is 11.8. The highest BCUT2D eigenvalue weighted by Crippen LogP contribution is 2.45. The molecule has 540 valence electrons. The first-order valence-electron chi connectivity index (χ1n) is 37.4. The number of unbranched alkanes of at least 4 members (excludes halogenated alkanes) is 36. The third-order valence-corrected chi connectivity index (χ3v) is 19.3. The van der Waals surface area contributed by atoms with Gasteiger partial charge in [-0.15, -0.1) is 0 Å². The number of aliphatic hydroxyl groups excluding tert-OH is 1. The molecule has 0 heterocycles. The van der Waals surface area contributed by atoms with Crippen LogP contribution in [0, 0.1) is 17.8 Å². The average molecular weight is 1340 g/mol. The lowest BCUT2D eigenvalue weighted by Gasteiger charge is -2.21. The summed E-state index contributed by atoms with van der Waals surface area (Å²) < 4.78 is 68.3. The van der Waals surface area contributed by atoms with E-state index in [0.29, 0.717) is 25.7 Å². The molecule has 3 N–H and O–H groups in total. The second kappa shape index (κ2) is 62.8. The summed E-state index contributed by atoms with van der Waals surface area (Å²) in [5.41, 5.74) is 0. The summed E-state index contributed by atoms with van der Waals surface area (Å²) in [6, 6.07) is 0. The second-order valence-corrected chi connectivity index (χ2v) is 29.8. The maximum atomic E-state index is 13.0. The molecule has 4 unspecified atom stereocenters. The number of phosphoric acid groups is 2.